The zero-order valence-electron chi connectivity index (χ0n) is 11.4. The summed E-state index contributed by atoms with van der Waals surface area (Å²) in [5.74, 6) is 0.520. The Morgan fingerprint density at radius 2 is 1.86 bits per heavy atom. The van der Waals surface area contributed by atoms with Gasteiger partial charge in [-0.15, -0.1) is 0 Å². The van der Waals surface area contributed by atoms with Crippen molar-refractivity contribution in [3.63, 3.8) is 0 Å². The molecule has 1 aliphatic rings. The Morgan fingerprint density at radius 3 is 2.62 bits per heavy atom. The zero-order chi connectivity index (χ0) is 14.8. The van der Waals surface area contributed by atoms with Crippen molar-refractivity contribution in [1.82, 2.24) is 15.0 Å². The molecule has 0 atom stereocenters. The van der Waals surface area contributed by atoms with E-state index < -0.39 is 0 Å². The van der Waals surface area contributed by atoms with Crippen LogP contribution >= 0.6 is 15.9 Å². The average molecular weight is 352 g/mol. The first-order chi connectivity index (χ1) is 10.1. The molecule has 1 aromatic carbocycles. The summed E-state index contributed by atoms with van der Waals surface area (Å²) >= 11 is 3.33. The highest BCUT2D eigenvalue weighted by molar-refractivity contribution is 9.10. The summed E-state index contributed by atoms with van der Waals surface area (Å²) < 4.78 is 14.7. The molecule has 0 spiro atoms. The minimum Gasteiger partial charge on any atom is -0.368 e. The lowest BCUT2D eigenvalue weighted by atomic mass is 10.1. The number of hydrogen-bond acceptors (Lipinski definition) is 5. The first-order valence-electron chi connectivity index (χ1n) is 6.85. The van der Waals surface area contributed by atoms with Crippen LogP contribution < -0.4 is 10.6 Å². The van der Waals surface area contributed by atoms with Gasteiger partial charge in [0.1, 0.15) is 5.82 Å². The number of nitrogens with two attached hydrogens (primary N) is 1. The van der Waals surface area contributed by atoms with Crippen LogP contribution in [0.4, 0.5) is 16.3 Å². The molecule has 0 bridgehead atoms. The average Bonchev–Trinajstić information content (AvgIpc) is 2.50. The molecule has 0 saturated carbocycles. The molecule has 1 saturated heterocycles. The summed E-state index contributed by atoms with van der Waals surface area (Å²) in [6, 6.07) is 4.65. The molecule has 0 amide bonds. The Bertz CT molecular complexity index is 658. The van der Waals surface area contributed by atoms with Crippen LogP contribution in [0.1, 0.15) is 19.3 Å². The smallest absolute Gasteiger partial charge is 0.230 e. The number of aromatic nitrogens is 3. The molecule has 7 heteroatoms. The molecule has 2 heterocycles. The van der Waals surface area contributed by atoms with Crippen LogP contribution in [0.15, 0.2) is 22.7 Å². The number of anilines is 2. The summed E-state index contributed by atoms with van der Waals surface area (Å²) in [6.07, 6.45) is 3.42. The van der Waals surface area contributed by atoms with E-state index in [0.29, 0.717) is 11.5 Å². The van der Waals surface area contributed by atoms with Crippen molar-refractivity contribution in [3.05, 3.63) is 28.5 Å². The van der Waals surface area contributed by atoms with Gasteiger partial charge in [0.15, 0.2) is 5.82 Å². The molecule has 110 valence electrons. The number of benzene rings is 1. The third-order valence-electron chi connectivity index (χ3n) is 3.45. The van der Waals surface area contributed by atoms with E-state index in [0.717, 1.165) is 30.4 Å². The van der Waals surface area contributed by atoms with E-state index in [2.05, 4.69) is 35.8 Å². The lowest BCUT2D eigenvalue weighted by Gasteiger charge is -2.26. The summed E-state index contributed by atoms with van der Waals surface area (Å²) in [5.41, 5.74) is 6.08. The van der Waals surface area contributed by atoms with Crippen LogP contribution in [0.2, 0.25) is 0 Å². The molecule has 0 radical (unpaired) electrons. The van der Waals surface area contributed by atoms with Gasteiger partial charge in [-0.05, 0) is 37.5 Å². The maximum Gasteiger partial charge on any atom is 0.230 e. The molecule has 21 heavy (non-hydrogen) atoms. The monoisotopic (exact) mass is 351 g/mol. The fourth-order valence-electron chi connectivity index (χ4n) is 2.41. The number of hydrogen-bond donors (Lipinski definition) is 1. The van der Waals surface area contributed by atoms with E-state index in [9.17, 15) is 4.39 Å². The van der Waals surface area contributed by atoms with Crippen LogP contribution in [-0.2, 0) is 0 Å². The molecule has 0 unspecified atom stereocenters. The van der Waals surface area contributed by atoms with Gasteiger partial charge in [0.05, 0.1) is 5.56 Å². The Labute approximate surface area is 130 Å². The number of piperidine rings is 1. The second kappa shape index (κ2) is 5.93. The third-order valence-corrected chi connectivity index (χ3v) is 3.94. The minimum absolute atomic E-state index is 0.111. The first kappa shape index (κ1) is 14.2. The van der Waals surface area contributed by atoms with Crippen LogP contribution in [0.5, 0.6) is 0 Å². The maximum atomic E-state index is 14.0. The molecule has 2 aromatic rings. The van der Waals surface area contributed by atoms with Crippen LogP contribution in [0.3, 0.4) is 0 Å². The molecular formula is C14H15BrFN5. The molecule has 1 aliphatic heterocycles. The third kappa shape index (κ3) is 3.12. The highest BCUT2D eigenvalue weighted by atomic mass is 79.9. The summed E-state index contributed by atoms with van der Waals surface area (Å²) in [5, 5.41) is 0. The van der Waals surface area contributed by atoms with Gasteiger partial charge in [-0.3, -0.25) is 0 Å². The molecule has 3 rings (SSSR count). The van der Waals surface area contributed by atoms with E-state index >= 15 is 0 Å². The standard InChI is InChI=1S/C14H15BrFN5/c15-9-4-5-11(16)10(8-9)12-18-13(17)20-14(19-12)21-6-2-1-3-7-21/h4-5,8H,1-3,6-7H2,(H2,17,18,19,20). The predicted octanol–water partition coefficient (Wildman–Crippen LogP) is 3.01. The topological polar surface area (TPSA) is 67.9 Å². The molecule has 1 aromatic heterocycles. The Morgan fingerprint density at radius 1 is 1.10 bits per heavy atom. The van der Waals surface area contributed by atoms with Gasteiger partial charge in [0.25, 0.3) is 0 Å². The van der Waals surface area contributed by atoms with E-state index in [1.54, 1.807) is 12.1 Å². The van der Waals surface area contributed by atoms with E-state index in [1.165, 1.54) is 12.5 Å². The zero-order valence-corrected chi connectivity index (χ0v) is 13.0. The summed E-state index contributed by atoms with van der Waals surface area (Å²) in [4.78, 5) is 14.7. The van der Waals surface area contributed by atoms with Gasteiger partial charge >= 0.3 is 0 Å². The lowest BCUT2D eigenvalue weighted by molar-refractivity contribution is 0.567. The molecule has 1 fully saturated rings. The van der Waals surface area contributed by atoms with Crippen molar-refractivity contribution in [2.75, 3.05) is 23.7 Å². The summed E-state index contributed by atoms with van der Waals surface area (Å²) in [6.45, 7) is 1.79. The van der Waals surface area contributed by atoms with E-state index in [1.807, 2.05) is 0 Å². The Kier molecular flexibility index (Phi) is 4.01. The highest BCUT2D eigenvalue weighted by Crippen LogP contribution is 2.26. The number of rotatable bonds is 2. The van der Waals surface area contributed by atoms with Crippen molar-refractivity contribution in [1.29, 1.82) is 0 Å². The van der Waals surface area contributed by atoms with Crippen molar-refractivity contribution < 1.29 is 4.39 Å². The number of halogens is 2. The van der Waals surface area contributed by atoms with Gasteiger partial charge in [0.2, 0.25) is 11.9 Å². The number of nitrogen functional groups attached to an aromatic ring is 1. The molecular weight excluding hydrogens is 337 g/mol. The van der Waals surface area contributed by atoms with Gasteiger partial charge in [-0.25, -0.2) is 4.39 Å². The second-order valence-electron chi connectivity index (χ2n) is 4.99. The van der Waals surface area contributed by atoms with Crippen molar-refractivity contribution in [3.8, 4) is 11.4 Å². The van der Waals surface area contributed by atoms with Gasteiger partial charge in [0, 0.05) is 17.6 Å². The van der Waals surface area contributed by atoms with Crippen LogP contribution in [0.25, 0.3) is 11.4 Å². The van der Waals surface area contributed by atoms with E-state index in [4.69, 9.17) is 5.73 Å². The molecule has 5 nitrogen and oxygen atoms in total. The fourth-order valence-corrected chi connectivity index (χ4v) is 2.77. The fraction of sp³-hybridized carbons (Fsp3) is 0.357. The largest absolute Gasteiger partial charge is 0.368 e. The van der Waals surface area contributed by atoms with Gasteiger partial charge < -0.3 is 10.6 Å². The quantitative estimate of drug-likeness (QED) is 0.900. The van der Waals surface area contributed by atoms with Crippen molar-refractivity contribution in [2.24, 2.45) is 0 Å². The van der Waals surface area contributed by atoms with Gasteiger partial charge in [-0.1, -0.05) is 15.9 Å². The van der Waals surface area contributed by atoms with Crippen molar-refractivity contribution >= 4 is 27.8 Å². The second-order valence-corrected chi connectivity index (χ2v) is 5.90. The maximum absolute atomic E-state index is 14.0. The van der Waals surface area contributed by atoms with Crippen molar-refractivity contribution in [2.45, 2.75) is 19.3 Å². The normalized spacial score (nSPS) is 15.2. The van der Waals surface area contributed by atoms with Gasteiger partial charge in [-0.2, -0.15) is 15.0 Å². The van der Waals surface area contributed by atoms with Crippen LogP contribution in [0, 0.1) is 5.82 Å². The predicted molar refractivity (Wildman–Crippen MR) is 83.4 cm³/mol. The Hall–Kier alpha value is -1.76. The van der Waals surface area contributed by atoms with Crippen LogP contribution in [-0.4, -0.2) is 28.0 Å². The first-order valence-corrected chi connectivity index (χ1v) is 7.65. The minimum atomic E-state index is -0.381. The molecule has 0 aliphatic carbocycles. The summed E-state index contributed by atoms with van der Waals surface area (Å²) in [7, 11) is 0. The Balaban J connectivity index is 2.02. The lowest BCUT2D eigenvalue weighted by Crippen LogP contribution is -2.31. The highest BCUT2D eigenvalue weighted by Gasteiger charge is 2.17. The number of nitrogens with zero attached hydrogens (tertiary/aromatic N) is 4. The SMILES string of the molecule is Nc1nc(-c2cc(Br)ccc2F)nc(N2CCCCC2)n1. The molecule has 2 N–H and O–H groups in total. The van der Waals surface area contributed by atoms with E-state index in [-0.39, 0.29) is 17.6 Å².